The normalized spacial score (nSPS) is 14.6. The molecule has 0 atom stereocenters. The summed E-state index contributed by atoms with van der Waals surface area (Å²) in [6.07, 6.45) is 1.79. The number of carbonyl (C=O) groups is 1. The number of thioether (sulfide) groups is 1. The fourth-order valence-electron chi connectivity index (χ4n) is 2.89. The molecular weight excluding hydrogens is 414 g/mol. The minimum Gasteiger partial charge on any atom is -0.489 e. The van der Waals surface area contributed by atoms with Crippen LogP contribution < -0.4 is 14.8 Å². The lowest BCUT2D eigenvalue weighted by Crippen LogP contribution is -2.17. The Morgan fingerprint density at radius 2 is 1.50 bits per heavy atom. The second kappa shape index (κ2) is 9.61. The topological polar surface area (TPSA) is 47.6 Å². The van der Waals surface area contributed by atoms with E-state index in [9.17, 15) is 4.79 Å². The van der Waals surface area contributed by atoms with Crippen molar-refractivity contribution in [2.75, 3.05) is 0 Å². The first-order valence-corrected chi connectivity index (χ1v) is 10.6. The summed E-state index contributed by atoms with van der Waals surface area (Å²) < 4.78 is 12.5. The highest BCUT2D eigenvalue weighted by Gasteiger charge is 2.22. The minimum absolute atomic E-state index is 0.191. The van der Waals surface area contributed by atoms with Gasteiger partial charge in [-0.2, -0.15) is 0 Å². The van der Waals surface area contributed by atoms with Crippen molar-refractivity contribution in [1.82, 2.24) is 5.32 Å². The van der Waals surface area contributed by atoms with E-state index in [0.717, 1.165) is 16.7 Å². The van der Waals surface area contributed by atoms with Gasteiger partial charge in [0.2, 0.25) is 0 Å². The van der Waals surface area contributed by atoms with Crippen LogP contribution in [0.1, 0.15) is 16.7 Å². The fourth-order valence-corrected chi connectivity index (χ4v) is 3.92. The van der Waals surface area contributed by atoms with Crippen molar-refractivity contribution < 1.29 is 14.3 Å². The number of benzene rings is 3. The number of amides is 1. The average molecular weight is 434 g/mol. The lowest BCUT2D eigenvalue weighted by Gasteiger charge is -2.13. The number of hydrogen-bond acceptors (Lipinski definition) is 5. The molecule has 0 unspecified atom stereocenters. The second-order valence-electron chi connectivity index (χ2n) is 6.60. The average Bonchev–Trinajstić information content (AvgIpc) is 3.10. The van der Waals surface area contributed by atoms with Gasteiger partial charge in [0.05, 0.1) is 4.91 Å². The van der Waals surface area contributed by atoms with Crippen LogP contribution in [0.5, 0.6) is 11.5 Å². The van der Waals surface area contributed by atoms with E-state index in [4.69, 9.17) is 21.7 Å². The smallest absolute Gasteiger partial charge is 0.263 e. The Balaban J connectivity index is 1.57. The molecule has 0 saturated carbocycles. The van der Waals surface area contributed by atoms with Crippen LogP contribution in [0.15, 0.2) is 83.8 Å². The number of nitrogens with one attached hydrogen (secondary N) is 1. The molecule has 6 heteroatoms. The van der Waals surface area contributed by atoms with Gasteiger partial charge in [0.1, 0.15) is 29.0 Å². The largest absolute Gasteiger partial charge is 0.489 e. The molecular formula is C24H19NO3S2. The third-order valence-corrected chi connectivity index (χ3v) is 5.56. The minimum atomic E-state index is -0.191. The Hall–Kier alpha value is -3.09. The van der Waals surface area contributed by atoms with Crippen LogP contribution in [0.4, 0.5) is 0 Å². The zero-order chi connectivity index (χ0) is 20.8. The van der Waals surface area contributed by atoms with E-state index in [2.05, 4.69) is 5.32 Å². The summed E-state index contributed by atoms with van der Waals surface area (Å²) in [7, 11) is 0. The van der Waals surface area contributed by atoms with Crippen LogP contribution in [-0.2, 0) is 18.0 Å². The summed E-state index contributed by atoms with van der Waals surface area (Å²) in [4.78, 5) is 12.6. The first-order chi connectivity index (χ1) is 14.7. The number of rotatable bonds is 7. The third kappa shape index (κ3) is 5.28. The van der Waals surface area contributed by atoms with Gasteiger partial charge in [0.25, 0.3) is 5.91 Å². The lowest BCUT2D eigenvalue weighted by molar-refractivity contribution is -0.115. The Kier molecular flexibility index (Phi) is 6.47. The number of hydrogen-bond donors (Lipinski definition) is 1. The maximum absolute atomic E-state index is 12.1. The predicted octanol–water partition coefficient (Wildman–Crippen LogP) is 5.33. The molecule has 3 aromatic carbocycles. The summed E-state index contributed by atoms with van der Waals surface area (Å²) in [5.74, 6) is 1.15. The summed E-state index contributed by atoms with van der Waals surface area (Å²) in [6.45, 7) is 0.878. The molecule has 1 aliphatic heterocycles. The van der Waals surface area contributed by atoms with Crippen molar-refractivity contribution in [2.24, 2.45) is 0 Å². The molecule has 0 radical (unpaired) electrons. The van der Waals surface area contributed by atoms with Crippen LogP contribution in [0.25, 0.3) is 6.08 Å². The molecule has 150 valence electrons. The summed E-state index contributed by atoms with van der Waals surface area (Å²) in [6, 6.07) is 25.5. The molecule has 1 fully saturated rings. The van der Waals surface area contributed by atoms with Gasteiger partial charge in [-0.25, -0.2) is 0 Å². The molecule has 3 aromatic rings. The Labute approximate surface area is 184 Å². The van der Waals surface area contributed by atoms with Crippen molar-refractivity contribution in [2.45, 2.75) is 13.2 Å². The number of ether oxygens (including phenoxy) is 2. The maximum atomic E-state index is 12.1. The molecule has 4 nitrogen and oxygen atoms in total. The first kappa shape index (κ1) is 20.2. The van der Waals surface area contributed by atoms with Crippen LogP contribution in [0, 0.1) is 0 Å². The van der Waals surface area contributed by atoms with Crippen molar-refractivity contribution in [3.63, 3.8) is 0 Å². The number of thiocarbonyl (C=S) groups is 1. The van der Waals surface area contributed by atoms with Crippen molar-refractivity contribution in [3.8, 4) is 11.5 Å². The molecule has 1 aliphatic rings. The van der Waals surface area contributed by atoms with Gasteiger partial charge in [-0.05, 0) is 29.3 Å². The van der Waals surface area contributed by atoms with E-state index in [1.165, 1.54) is 11.8 Å². The Morgan fingerprint density at radius 1 is 0.867 bits per heavy atom. The van der Waals surface area contributed by atoms with Crippen molar-refractivity contribution >= 4 is 40.3 Å². The third-order valence-electron chi connectivity index (χ3n) is 4.40. The standard InChI is InChI=1S/C24H19NO3S2/c26-23-22(30-24(29)25-23)13-19-11-12-20(27-15-17-7-3-1-4-8-17)14-21(19)28-16-18-9-5-2-6-10-18/h1-14H,15-16H2,(H,25,26,29)/b22-13-. The summed E-state index contributed by atoms with van der Waals surface area (Å²) in [5, 5.41) is 2.64. The van der Waals surface area contributed by atoms with Crippen molar-refractivity contribution in [1.29, 1.82) is 0 Å². The van der Waals surface area contributed by atoms with E-state index in [1.54, 1.807) is 6.08 Å². The SMILES string of the molecule is O=C1NC(=S)S/C1=C\c1ccc(OCc2ccccc2)cc1OCc1ccccc1. The van der Waals surface area contributed by atoms with Gasteiger partial charge < -0.3 is 14.8 Å². The van der Waals surface area contributed by atoms with Gasteiger partial charge >= 0.3 is 0 Å². The molecule has 1 N–H and O–H groups in total. The van der Waals surface area contributed by atoms with Crippen LogP contribution >= 0.6 is 24.0 Å². The quantitative estimate of drug-likeness (QED) is 0.403. The van der Waals surface area contributed by atoms with Crippen LogP contribution in [0.3, 0.4) is 0 Å². The molecule has 1 heterocycles. The maximum Gasteiger partial charge on any atom is 0.263 e. The Bertz CT molecular complexity index is 1080. The molecule has 30 heavy (non-hydrogen) atoms. The molecule has 0 spiro atoms. The van der Waals surface area contributed by atoms with Gasteiger partial charge in [0, 0.05) is 11.6 Å². The second-order valence-corrected chi connectivity index (χ2v) is 8.32. The molecule has 1 amide bonds. The molecule has 0 bridgehead atoms. The van der Waals surface area contributed by atoms with E-state index >= 15 is 0 Å². The molecule has 0 aromatic heterocycles. The summed E-state index contributed by atoms with van der Waals surface area (Å²) in [5.41, 5.74) is 2.93. The van der Waals surface area contributed by atoms with Gasteiger partial charge in [0.15, 0.2) is 0 Å². The summed E-state index contributed by atoms with van der Waals surface area (Å²) >= 11 is 6.33. The zero-order valence-corrected chi connectivity index (χ0v) is 17.7. The van der Waals surface area contributed by atoms with E-state index < -0.39 is 0 Å². The lowest BCUT2D eigenvalue weighted by atomic mass is 10.1. The van der Waals surface area contributed by atoms with E-state index in [-0.39, 0.29) is 5.91 Å². The van der Waals surface area contributed by atoms with Crippen LogP contribution in [-0.4, -0.2) is 10.2 Å². The van der Waals surface area contributed by atoms with Gasteiger partial charge in [-0.15, -0.1) is 0 Å². The predicted molar refractivity (Wildman–Crippen MR) is 124 cm³/mol. The highest BCUT2D eigenvalue weighted by atomic mass is 32.2. The Morgan fingerprint density at radius 3 is 2.10 bits per heavy atom. The first-order valence-electron chi connectivity index (χ1n) is 9.40. The number of carbonyl (C=O) groups excluding carboxylic acids is 1. The zero-order valence-electron chi connectivity index (χ0n) is 16.0. The van der Waals surface area contributed by atoms with Gasteiger partial charge in [-0.3, -0.25) is 4.79 Å². The monoisotopic (exact) mass is 433 g/mol. The molecule has 4 rings (SSSR count). The van der Waals surface area contributed by atoms with E-state index in [0.29, 0.717) is 33.9 Å². The molecule has 0 aliphatic carbocycles. The van der Waals surface area contributed by atoms with E-state index in [1.807, 2.05) is 78.9 Å². The van der Waals surface area contributed by atoms with Crippen molar-refractivity contribution in [3.05, 3.63) is 100 Å². The highest BCUT2D eigenvalue weighted by molar-refractivity contribution is 8.26. The fraction of sp³-hybridized carbons (Fsp3) is 0.0833. The van der Waals surface area contributed by atoms with Crippen LogP contribution in [0.2, 0.25) is 0 Å². The molecule has 1 saturated heterocycles. The van der Waals surface area contributed by atoms with Gasteiger partial charge in [-0.1, -0.05) is 84.6 Å². The highest BCUT2D eigenvalue weighted by Crippen LogP contribution is 2.32.